The summed E-state index contributed by atoms with van der Waals surface area (Å²) in [5.41, 5.74) is 4.09. The zero-order valence-electron chi connectivity index (χ0n) is 21.6. The maximum atomic E-state index is 12.4. The zero-order chi connectivity index (χ0) is 29.8. The Morgan fingerprint density at radius 1 is 0.500 bits per heavy atom. The minimum absolute atomic E-state index is 0.0443. The summed E-state index contributed by atoms with van der Waals surface area (Å²) < 4.78 is 69.4. The molecule has 0 saturated carbocycles. The van der Waals surface area contributed by atoms with Gasteiger partial charge in [-0.25, -0.2) is 0 Å². The molecular formula is C32H20O8S2. The highest BCUT2D eigenvalue weighted by Gasteiger charge is 2.25. The maximum Gasteiger partial charge on any atom is 0.295 e. The van der Waals surface area contributed by atoms with Crippen LogP contribution >= 0.6 is 0 Å². The van der Waals surface area contributed by atoms with E-state index in [0.29, 0.717) is 44.5 Å². The molecule has 0 fully saturated rings. The molecule has 10 heteroatoms. The van der Waals surface area contributed by atoms with E-state index in [1.54, 1.807) is 60.7 Å². The summed E-state index contributed by atoms with van der Waals surface area (Å²) in [6, 6.07) is 22.3. The van der Waals surface area contributed by atoms with Crippen LogP contribution in [0.2, 0.25) is 0 Å². The fraction of sp³-hybridized carbons (Fsp3) is 0. The smallest absolute Gasteiger partial charge is 0.289 e. The van der Waals surface area contributed by atoms with Crippen LogP contribution in [0.1, 0.15) is 54.1 Å². The molecule has 6 rings (SSSR count). The van der Waals surface area contributed by atoms with E-state index in [1.807, 2.05) is 0 Å². The Labute approximate surface area is 241 Å². The Kier molecular flexibility index (Phi) is 6.51. The lowest BCUT2D eigenvalue weighted by atomic mass is 9.97. The third-order valence-corrected chi connectivity index (χ3v) is 8.98. The van der Waals surface area contributed by atoms with Crippen LogP contribution in [0.25, 0.3) is 23.3 Å². The summed E-state index contributed by atoms with van der Waals surface area (Å²) in [5, 5.41) is 0. The molecule has 0 aliphatic heterocycles. The van der Waals surface area contributed by atoms with E-state index in [-0.39, 0.29) is 22.7 Å². The van der Waals surface area contributed by atoms with Crippen molar-refractivity contribution in [3.8, 4) is 0 Å². The van der Waals surface area contributed by atoms with Gasteiger partial charge in [0, 0.05) is 11.1 Å². The maximum absolute atomic E-state index is 12.4. The first kappa shape index (κ1) is 27.4. The van der Waals surface area contributed by atoms with Crippen LogP contribution in [0, 0.1) is 0 Å². The molecule has 0 bridgehead atoms. The molecule has 2 aliphatic rings. The minimum atomic E-state index is -4.74. The number of fused-ring (bicyclic) bond motifs is 2. The molecule has 0 saturated heterocycles. The van der Waals surface area contributed by atoms with E-state index >= 15 is 0 Å². The first-order chi connectivity index (χ1) is 19.9. The van der Waals surface area contributed by atoms with Gasteiger partial charge in [0.25, 0.3) is 20.2 Å². The molecule has 0 radical (unpaired) electrons. The molecule has 2 aliphatic carbocycles. The molecule has 4 aromatic rings. The van der Waals surface area contributed by atoms with E-state index in [2.05, 4.69) is 0 Å². The van der Waals surface area contributed by atoms with Gasteiger partial charge in [-0.1, -0.05) is 84.9 Å². The highest BCUT2D eigenvalue weighted by molar-refractivity contribution is 7.86. The molecule has 0 unspecified atom stereocenters. The summed E-state index contributed by atoms with van der Waals surface area (Å²) >= 11 is 0. The van der Waals surface area contributed by atoms with Crippen LogP contribution in [0.3, 0.4) is 0 Å². The number of carbonyl (C=O) groups is 2. The van der Waals surface area contributed by atoms with Crippen molar-refractivity contribution < 1.29 is 35.5 Å². The highest BCUT2D eigenvalue weighted by Crippen LogP contribution is 2.36. The Morgan fingerprint density at radius 3 is 1.21 bits per heavy atom. The van der Waals surface area contributed by atoms with Crippen molar-refractivity contribution in [2.24, 2.45) is 0 Å². The molecule has 0 amide bonds. The van der Waals surface area contributed by atoms with Crippen LogP contribution in [0.15, 0.2) is 107 Å². The normalized spacial score (nSPS) is 14.6. The first-order valence-corrected chi connectivity index (χ1v) is 15.4. The van der Waals surface area contributed by atoms with E-state index in [1.165, 1.54) is 48.6 Å². The van der Waals surface area contributed by atoms with Gasteiger partial charge in [0.15, 0.2) is 11.6 Å². The number of hydrogen-bond donors (Lipinski definition) is 2. The van der Waals surface area contributed by atoms with Crippen molar-refractivity contribution in [3.63, 3.8) is 0 Å². The number of benzene rings is 4. The van der Waals surface area contributed by atoms with Gasteiger partial charge in [0.2, 0.25) is 0 Å². The fourth-order valence-electron chi connectivity index (χ4n) is 5.22. The summed E-state index contributed by atoms with van der Waals surface area (Å²) in [5.74, 6) is -0.444. The van der Waals surface area contributed by atoms with Crippen molar-refractivity contribution in [1.29, 1.82) is 0 Å². The lowest BCUT2D eigenvalue weighted by molar-refractivity contribution is 0.104. The third kappa shape index (κ3) is 4.86. The van der Waals surface area contributed by atoms with Gasteiger partial charge < -0.3 is 0 Å². The molecule has 0 atom stereocenters. The zero-order valence-corrected chi connectivity index (χ0v) is 23.2. The van der Waals surface area contributed by atoms with E-state index in [0.717, 1.165) is 0 Å². The number of carbonyl (C=O) groups excluding carboxylic acids is 2. The van der Waals surface area contributed by atoms with Crippen LogP contribution in [-0.2, 0) is 20.2 Å². The van der Waals surface area contributed by atoms with Gasteiger partial charge in [-0.15, -0.1) is 0 Å². The van der Waals surface area contributed by atoms with Gasteiger partial charge in [-0.3, -0.25) is 18.7 Å². The van der Waals surface area contributed by atoms with Crippen LogP contribution in [0.5, 0.6) is 0 Å². The average molecular weight is 597 g/mol. The molecular weight excluding hydrogens is 576 g/mol. The Morgan fingerprint density at radius 2 is 0.857 bits per heavy atom. The predicted molar refractivity (Wildman–Crippen MR) is 157 cm³/mol. The van der Waals surface area contributed by atoms with E-state index < -0.39 is 30.0 Å². The lowest BCUT2D eigenvalue weighted by Gasteiger charge is -2.11. The van der Waals surface area contributed by atoms with Crippen LogP contribution in [-0.4, -0.2) is 37.5 Å². The second kappa shape index (κ2) is 9.97. The topological polar surface area (TPSA) is 143 Å². The Bertz CT molecular complexity index is 2010. The molecule has 8 nitrogen and oxygen atoms in total. The third-order valence-electron chi connectivity index (χ3n) is 7.16. The van der Waals surface area contributed by atoms with Crippen molar-refractivity contribution in [3.05, 3.63) is 142 Å². The number of hydrogen-bond acceptors (Lipinski definition) is 6. The number of ketones is 2. The largest absolute Gasteiger partial charge is 0.295 e. The molecule has 0 spiro atoms. The quantitative estimate of drug-likeness (QED) is 0.216. The fourth-order valence-corrected chi connectivity index (χ4v) is 6.64. The van der Waals surface area contributed by atoms with Crippen LogP contribution in [0.4, 0.5) is 0 Å². The van der Waals surface area contributed by atoms with E-state index in [9.17, 15) is 35.5 Å². The van der Waals surface area contributed by atoms with Gasteiger partial charge in [-0.05, 0) is 68.8 Å². The molecule has 42 heavy (non-hydrogen) atoms. The average Bonchev–Trinajstić information content (AvgIpc) is 3.48. The monoisotopic (exact) mass is 596 g/mol. The summed E-state index contributed by atoms with van der Waals surface area (Å²) in [6.07, 6.45) is 5.39. The van der Waals surface area contributed by atoms with Crippen LogP contribution < -0.4 is 0 Å². The number of rotatable bonds is 6. The van der Waals surface area contributed by atoms with Gasteiger partial charge in [0.05, 0.1) is 0 Å². The molecule has 208 valence electrons. The minimum Gasteiger partial charge on any atom is -0.289 e. The second-order valence-electron chi connectivity index (χ2n) is 9.72. The van der Waals surface area contributed by atoms with Gasteiger partial charge >= 0.3 is 0 Å². The van der Waals surface area contributed by atoms with Gasteiger partial charge in [-0.2, -0.15) is 16.8 Å². The Balaban J connectivity index is 1.41. The van der Waals surface area contributed by atoms with Crippen molar-refractivity contribution in [1.82, 2.24) is 0 Å². The van der Waals surface area contributed by atoms with Gasteiger partial charge in [0.1, 0.15) is 9.79 Å². The summed E-state index contributed by atoms with van der Waals surface area (Å²) in [7, 11) is -9.48. The number of allylic oxidation sites excluding steroid dienone is 2. The van der Waals surface area contributed by atoms with Crippen molar-refractivity contribution in [2.45, 2.75) is 9.79 Å². The van der Waals surface area contributed by atoms with Crippen molar-refractivity contribution >= 4 is 55.1 Å². The molecule has 2 N–H and O–H groups in total. The van der Waals surface area contributed by atoms with Crippen molar-refractivity contribution in [2.75, 3.05) is 0 Å². The Hall–Kier alpha value is -4.74. The lowest BCUT2D eigenvalue weighted by Crippen LogP contribution is -2.03. The second-order valence-corrected chi connectivity index (χ2v) is 12.5. The molecule has 0 heterocycles. The SMILES string of the molecule is O=C1C=C(c2ccc(C=Cc3ccc(C4=CC(=O)c5ccccc54)cc3S(=O)(=O)O)c(S(=O)(=O)O)c2)c2ccccc21. The molecule has 4 aromatic carbocycles. The van der Waals surface area contributed by atoms with E-state index in [4.69, 9.17) is 0 Å². The standard InChI is InChI=1S/C32H20O8S2/c33-29-17-27(23-5-1-3-7-25(23)29)21-13-11-19(31(15-21)41(35,36)37)9-10-20-12-14-22(16-32(20)42(38,39)40)28-18-30(34)26-8-4-2-6-24(26)28/h1-18H,(H,35,36,37)(H,38,39,40). The first-order valence-electron chi connectivity index (χ1n) is 12.5. The highest BCUT2D eigenvalue weighted by atomic mass is 32.2. The summed E-state index contributed by atoms with van der Waals surface area (Å²) in [6.45, 7) is 0. The summed E-state index contributed by atoms with van der Waals surface area (Å²) in [4.78, 5) is 23.9. The predicted octanol–water partition coefficient (Wildman–Crippen LogP) is 5.61. The molecule has 0 aromatic heterocycles.